The first-order chi connectivity index (χ1) is 10.2. The van der Waals surface area contributed by atoms with Gasteiger partial charge in [-0.2, -0.15) is 0 Å². The minimum atomic E-state index is 0.433. The first kappa shape index (κ1) is 14.2. The smallest absolute Gasteiger partial charge is 0.161 e. The maximum atomic E-state index is 6.29. The van der Waals surface area contributed by atoms with Gasteiger partial charge in [0, 0.05) is 15.8 Å². The number of rotatable bonds is 3. The summed E-state index contributed by atoms with van der Waals surface area (Å²) < 4.78 is 5.20. The number of hydrogen-bond acceptors (Lipinski definition) is 4. The molecule has 1 aromatic heterocycles. The lowest BCUT2D eigenvalue weighted by Gasteiger charge is -2.07. The van der Waals surface area contributed by atoms with Crippen LogP contribution in [0.15, 0.2) is 47.4 Å². The van der Waals surface area contributed by atoms with E-state index in [4.69, 9.17) is 16.3 Å². The quantitative estimate of drug-likeness (QED) is 0.519. The van der Waals surface area contributed by atoms with Crippen LogP contribution in [-0.2, 0) is 0 Å². The van der Waals surface area contributed by atoms with Gasteiger partial charge in [0.15, 0.2) is 5.82 Å². The fourth-order valence-corrected chi connectivity index (χ4v) is 2.71. The molecule has 2 aromatic carbocycles. The fraction of sp³-hybridized carbons (Fsp3) is 0.125. The average Bonchev–Trinajstić information content (AvgIpc) is 2.54. The zero-order chi connectivity index (χ0) is 14.8. The van der Waals surface area contributed by atoms with Gasteiger partial charge in [0.1, 0.15) is 10.9 Å². The van der Waals surface area contributed by atoms with Crippen LogP contribution >= 0.6 is 23.4 Å². The molecule has 106 valence electrons. The van der Waals surface area contributed by atoms with Crippen molar-refractivity contribution in [2.45, 2.75) is 4.90 Å². The monoisotopic (exact) mass is 316 g/mol. The average molecular weight is 317 g/mol. The Balaban J connectivity index is 2.11. The molecule has 0 amide bonds. The Labute approximate surface area is 132 Å². The van der Waals surface area contributed by atoms with Crippen molar-refractivity contribution in [1.29, 1.82) is 0 Å². The SMILES string of the molecule is COc1ccc2nc(-c3ccc(SC)cc3)nc(Cl)c2c1. The van der Waals surface area contributed by atoms with Gasteiger partial charge >= 0.3 is 0 Å². The van der Waals surface area contributed by atoms with Gasteiger partial charge in [0.2, 0.25) is 0 Å². The minimum absolute atomic E-state index is 0.433. The number of ether oxygens (including phenoxy) is 1. The summed E-state index contributed by atoms with van der Waals surface area (Å²) in [5, 5.41) is 1.23. The second-order valence-corrected chi connectivity index (χ2v) is 5.69. The van der Waals surface area contributed by atoms with Crippen LogP contribution < -0.4 is 4.74 Å². The van der Waals surface area contributed by atoms with E-state index in [0.717, 1.165) is 22.2 Å². The molecule has 0 unspecified atom stereocenters. The molecule has 0 fully saturated rings. The van der Waals surface area contributed by atoms with E-state index in [1.165, 1.54) is 4.90 Å². The van der Waals surface area contributed by atoms with E-state index in [1.807, 2.05) is 36.6 Å². The molecule has 0 aliphatic heterocycles. The lowest BCUT2D eigenvalue weighted by molar-refractivity contribution is 0.415. The largest absolute Gasteiger partial charge is 0.497 e. The molecule has 5 heteroatoms. The van der Waals surface area contributed by atoms with Crippen molar-refractivity contribution in [2.75, 3.05) is 13.4 Å². The predicted molar refractivity (Wildman–Crippen MR) is 88.3 cm³/mol. The summed E-state index contributed by atoms with van der Waals surface area (Å²) in [6.45, 7) is 0. The molecule has 1 heterocycles. The number of halogens is 1. The molecule has 3 aromatic rings. The molecule has 0 N–H and O–H groups in total. The number of thioether (sulfide) groups is 1. The molecule has 0 aliphatic rings. The third-order valence-electron chi connectivity index (χ3n) is 3.20. The standard InChI is InChI=1S/C16H13ClN2OS/c1-20-11-5-8-14-13(9-11)15(17)19-16(18-14)10-3-6-12(21-2)7-4-10/h3-9H,1-2H3. The maximum absolute atomic E-state index is 6.29. The summed E-state index contributed by atoms with van der Waals surface area (Å²) in [5.41, 5.74) is 1.76. The number of hydrogen-bond donors (Lipinski definition) is 0. The van der Waals surface area contributed by atoms with E-state index in [1.54, 1.807) is 18.9 Å². The number of benzene rings is 2. The summed E-state index contributed by atoms with van der Waals surface area (Å²) >= 11 is 7.99. The molecule has 0 saturated carbocycles. The number of methoxy groups -OCH3 is 1. The van der Waals surface area contributed by atoms with Gasteiger partial charge in [-0.1, -0.05) is 23.7 Å². The van der Waals surface area contributed by atoms with E-state index >= 15 is 0 Å². The van der Waals surface area contributed by atoms with Crippen LogP contribution in [0.2, 0.25) is 5.15 Å². The lowest BCUT2D eigenvalue weighted by Crippen LogP contribution is -1.92. The van der Waals surface area contributed by atoms with Crippen molar-refractivity contribution in [2.24, 2.45) is 0 Å². The number of fused-ring (bicyclic) bond motifs is 1. The summed E-state index contributed by atoms with van der Waals surface area (Å²) in [7, 11) is 1.62. The Morgan fingerprint density at radius 3 is 2.48 bits per heavy atom. The van der Waals surface area contributed by atoms with E-state index in [0.29, 0.717) is 11.0 Å². The topological polar surface area (TPSA) is 35.0 Å². The van der Waals surface area contributed by atoms with Gasteiger partial charge in [0.25, 0.3) is 0 Å². The molecule has 0 aliphatic carbocycles. The van der Waals surface area contributed by atoms with E-state index in [-0.39, 0.29) is 0 Å². The van der Waals surface area contributed by atoms with Crippen LogP contribution in [0.3, 0.4) is 0 Å². The van der Waals surface area contributed by atoms with Crippen molar-refractivity contribution in [3.05, 3.63) is 47.6 Å². The van der Waals surface area contributed by atoms with Crippen LogP contribution in [0.1, 0.15) is 0 Å². The first-order valence-corrected chi connectivity index (χ1v) is 7.97. The summed E-state index contributed by atoms with van der Waals surface area (Å²) in [6.07, 6.45) is 2.05. The third kappa shape index (κ3) is 2.82. The van der Waals surface area contributed by atoms with E-state index in [2.05, 4.69) is 22.1 Å². The number of nitrogens with zero attached hydrogens (tertiary/aromatic N) is 2. The molecular weight excluding hydrogens is 304 g/mol. The maximum Gasteiger partial charge on any atom is 0.161 e. The van der Waals surface area contributed by atoms with Crippen LogP contribution in [0.25, 0.3) is 22.3 Å². The Kier molecular flexibility index (Phi) is 3.99. The molecular formula is C16H13ClN2OS. The first-order valence-electron chi connectivity index (χ1n) is 6.37. The molecule has 0 radical (unpaired) electrons. The summed E-state index contributed by atoms with van der Waals surface area (Å²) in [4.78, 5) is 10.2. The van der Waals surface area contributed by atoms with Crippen LogP contribution in [0.4, 0.5) is 0 Å². The van der Waals surface area contributed by atoms with Gasteiger partial charge in [-0.15, -0.1) is 11.8 Å². The number of aromatic nitrogens is 2. The molecule has 0 spiro atoms. The summed E-state index contributed by atoms with van der Waals surface area (Å²) in [6, 6.07) is 13.7. The van der Waals surface area contributed by atoms with Gasteiger partial charge < -0.3 is 4.74 Å². The lowest BCUT2D eigenvalue weighted by atomic mass is 10.2. The van der Waals surface area contributed by atoms with Crippen LogP contribution in [0.5, 0.6) is 5.75 Å². The van der Waals surface area contributed by atoms with Crippen molar-refractivity contribution in [1.82, 2.24) is 9.97 Å². The highest BCUT2D eigenvalue weighted by Gasteiger charge is 2.09. The van der Waals surface area contributed by atoms with Gasteiger partial charge in [-0.3, -0.25) is 0 Å². The summed E-state index contributed by atoms with van der Waals surface area (Å²) in [5.74, 6) is 1.37. The normalized spacial score (nSPS) is 10.8. The second kappa shape index (κ2) is 5.92. The zero-order valence-corrected chi connectivity index (χ0v) is 13.2. The highest BCUT2D eigenvalue weighted by Crippen LogP contribution is 2.28. The molecule has 3 nitrogen and oxygen atoms in total. The van der Waals surface area contributed by atoms with E-state index < -0.39 is 0 Å². The van der Waals surface area contributed by atoms with Crippen molar-refractivity contribution >= 4 is 34.3 Å². The highest BCUT2D eigenvalue weighted by molar-refractivity contribution is 7.98. The predicted octanol–water partition coefficient (Wildman–Crippen LogP) is 4.68. The van der Waals surface area contributed by atoms with Crippen LogP contribution in [-0.4, -0.2) is 23.3 Å². The molecule has 21 heavy (non-hydrogen) atoms. The molecule has 0 atom stereocenters. The Morgan fingerprint density at radius 1 is 1.05 bits per heavy atom. The Bertz CT molecular complexity index is 790. The Hall–Kier alpha value is -1.78. The third-order valence-corrected chi connectivity index (χ3v) is 4.24. The van der Waals surface area contributed by atoms with Gasteiger partial charge in [-0.25, -0.2) is 9.97 Å². The molecule has 0 saturated heterocycles. The van der Waals surface area contributed by atoms with Gasteiger partial charge in [0.05, 0.1) is 12.6 Å². The molecule has 0 bridgehead atoms. The van der Waals surface area contributed by atoms with Crippen molar-refractivity contribution < 1.29 is 4.74 Å². The minimum Gasteiger partial charge on any atom is -0.497 e. The Morgan fingerprint density at radius 2 is 1.81 bits per heavy atom. The highest BCUT2D eigenvalue weighted by atomic mass is 35.5. The molecule has 3 rings (SSSR count). The van der Waals surface area contributed by atoms with Gasteiger partial charge in [-0.05, 0) is 36.6 Å². The second-order valence-electron chi connectivity index (χ2n) is 4.45. The fourth-order valence-electron chi connectivity index (χ4n) is 2.07. The van der Waals surface area contributed by atoms with Crippen molar-refractivity contribution in [3.8, 4) is 17.1 Å². The van der Waals surface area contributed by atoms with E-state index in [9.17, 15) is 0 Å². The zero-order valence-electron chi connectivity index (χ0n) is 11.6. The van der Waals surface area contributed by atoms with Crippen LogP contribution in [0, 0.1) is 0 Å². The van der Waals surface area contributed by atoms with Crippen molar-refractivity contribution in [3.63, 3.8) is 0 Å².